The molecule has 2 atom stereocenters. The van der Waals surface area contributed by atoms with Gasteiger partial charge in [-0.05, 0) is 13.8 Å². The Hall–Kier alpha value is -1.89. The third-order valence-corrected chi connectivity index (χ3v) is 3.11. The number of carbonyl (C=O) groups is 1. The minimum atomic E-state index is -0.900. The second-order valence-electron chi connectivity index (χ2n) is 4.96. The average Bonchev–Trinajstić information content (AvgIpc) is 2.82. The summed E-state index contributed by atoms with van der Waals surface area (Å²) in [6.07, 6.45) is 1.86. The van der Waals surface area contributed by atoms with Crippen LogP contribution >= 0.6 is 0 Å². The monoisotopic (exact) mass is 281 g/mol. The fraction of sp³-hybridized carbons (Fsp3) is 0.615. The molecule has 2 heterocycles. The molecular formula is C13H19N3O4. The molecule has 2 unspecified atom stereocenters. The molecule has 1 fully saturated rings. The maximum absolute atomic E-state index is 11.3. The van der Waals surface area contributed by atoms with Gasteiger partial charge in [-0.15, -0.1) is 0 Å². The summed E-state index contributed by atoms with van der Waals surface area (Å²) in [6, 6.07) is 0.984. The molecule has 7 nitrogen and oxygen atoms in total. The van der Waals surface area contributed by atoms with E-state index in [0.29, 0.717) is 24.8 Å². The second kappa shape index (κ2) is 6.04. The van der Waals surface area contributed by atoms with Crippen LogP contribution in [-0.4, -0.2) is 52.9 Å². The van der Waals surface area contributed by atoms with Crippen molar-refractivity contribution < 1.29 is 19.4 Å². The van der Waals surface area contributed by atoms with E-state index in [0.717, 1.165) is 0 Å². The van der Waals surface area contributed by atoms with E-state index in [4.69, 9.17) is 9.47 Å². The maximum Gasteiger partial charge on any atom is 0.326 e. The molecule has 1 N–H and O–H groups in total. The molecular weight excluding hydrogens is 262 g/mol. The van der Waals surface area contributed by atoms with Gasteiger partial charge in [0.2, 0.25) is 11.8 Å². The number of nitrogens with zero attached hydrogens (tertiary/aromatic N) is 3. The zero-order valence-electron chi connectivity index (χ0n) is 11.8. The highest BCUT2D eigenvalue weighted by Gasteiger charge is 2.38. The SMILES string of the molecule is COC1CC(C(=O)O)N(c2nccc(OC(C)C)n2)C1. The number of hydrogen-bond donors (Lipinski definition) is 1. The molecule has 7 heteroatoms. The normalized spacial score (nSPS) is 22.3. The predicted octanol–water partition coefficient (Wildman–Crippen LogP) is 0.942. The fourth-order valence-corrected chi connectivity index (χ4v) is 2.20. The van der Waals surface area contributed by atoms with Crippen LogP contribution in [0.25, 0.3) is 0 Å². The Morgan fingerprint density at radius 3 is 2.90 bits per heavy atom. The Bertz CT molecular complexity index is 480. The fourth-order valence-electron chi connectivity index (χ4n) is 2.20. The topological polar surface area (TPSA) is 84.8 Å². The molecule has 110 valence electrons. The zero-order chi connectivity index (χ0) is 14.7. The average molecular weight is 281 g/mol. The van der Waals surface area contributed by atoms with Crippen molar-refractivity contribution in [2.24, 2.45) is 0 Å². The third-order valence-electron chi connectivity index (χ3n) is 3.11. The van der Waals surface area contributed by atoms with Crippen molar-refractivity contribution >= 4 is 11.9 Å². The first kappa shape index (κ1) is 14.5. The summed E-state index contributed by atoms with van der Waals surface area (Å²) in [5.74, 6) is -0.103. The number of carboxylic acid groups (broad SMARTS) is 1. The van der Waals surface area contributed by atoms with Crippen molar-refractivity contribution in [2.45, 2.75) is 38.5 Å². The van der Waals surface area contributed by atoms with Gasteiger partial charge in [0, 0.05) is 32.3 Å². The molecule has 0 radical (unpaired) electrons. The molecule has 2 rings (SSSR count). The zero-order valence-corrected chi connectivity index (χ0v) is 11.8. The highest BCUT2D eigenvalue weighted by atomic mass is 16.5. The van der Waals surface area contributed by atoms with Gasteiger partial charge >= 0.3 is 5.97 Å². The lowest BCUT2D eigenvalue weighted by Crippen LogP contribution is -2.37. The summed E-state index contributed by atoms with van der Waals surface area (Å²) in [6.45, 7) is 4.26. The van der Waals surface area contributed by atoms with E-state index >= 15 is 0 Å². The lowest BCUT2D eigenvalue weighted by molar-refractivity contribution is -0.138. The smallest absolute Gasteiger partial charge is 0.326 e. The number of carboxylic acids is 1. The van der Waals surface area contributed by atoms with Gasteiger partial charge in [-0.1, -0.05) is 0 Å². The maximum atomic E-state index is 11.3. The lowest BCUT2D eigenvalue weighted by atomic mass is 10.2. The summed E-state index contributed by atoms with van der Waals surface area (Å²) < 4.78 is 10.8. The largest absolute Gasteiger partial charge is 0.480 e. The number of rotatable bonds is 5. The molecule has 0 amide bonds. The first-order chi connectivity index (χ1) is 9.51. The van der Waals surface area contributed by atoms with E-state index in [1.165, 1.54) is 0 Å². The summed E-state index contributed by atoms with van der Waals surface area (Å²) in [4.78, 5) is 21.4. The highest BCUT2D eigenvalue weighted by molar-refractivity contribution is 5.78. The summed E-state index contributed by atoms with van der Waals surface area (Å²) >= 11 is 0. The van der Waals surface area contributed by atoms with Gasteiger partial charge in [0.15, 0.2) is 0 Å². The minimum absolute atomic E-state index is 0.00155. The van der Waals surface area contributed by atoms with Crippen LogP contribution in [0.3, 0.4) is 0 Å². The first-order valence-corrected chi connectivity index (χ1v) is 6.53. The molecule has 20 heavy (non-hydrogen) atoms. The number of ether oxygens (including phenoxy) is 2. The van der Waals surface area contributed by atoms with Gasteiger partial charge in [-0.2, -0.15) is 4.98 Å². The van der Waals surface area contributed by atoms with Crippen molar-refractivity contribution in [3.05, 3.63) is 12.3 Å². The van der Waals surface area contributed by atoms with Gasteiger partial charge < -0.3 is 19.5 Å². The Morgan fingerprint density at radius 2 is 2.30 bits per heavy atom. The quantitative estimate of drug-likeness (QED) is 0.859. The Balaban J connectivity index is 2.22. The van der Waals surface area contributed by atoms with Crippen molar-refractivity contribution in [1.29, 1.82) is 0 Å². The predicted molar refractivity (Wildman–Crippen MR) is 72.0 cm³/mol. The molecule has 1 aliphatic rings. The van der Waals surface area contributed by atoms with Gasteiger partial charge in [-0.3, -0.25) is 0 Å². The number of anilines is 1. The minimum Gasteiger partial charge on any atom is -0.480 e. The van der Waals surface area contributed by atoms with E-state index in [1.807, 2.05) is 13.8 Å². The molecule has 0 aromatic carbocycles. The Morgan fingerprint density at radius 1 is 1.55 bits per heavy atom. The number of methoxy groups -OCH3 is 1. The molecule has 0 saturated carbocycles. The molecule has 0 bridgehead atoms. The van der Waals surface area contributed by atoms with Crippen molar-refractivity contribution in [1.82, 2.24) is 9.97 Å². The van der Waals surface area contributed by atoms with Crippen LogP contribution in [-0.2, 0) is 9.53 Å². The number of aliphatic carboxylic acids is 1. The Labute approximate surface area is 117 Å². The van der Waals surface area contributed by atoms with Crippen molar-refractivity contribution in [3.63, 3.8) is 0 Å². The van der Waals surface area contributed by atoms with E-state index in [2.05, 4.69) is 9.97 Å². The van der Waals surface area contributed by atoms with Gasteiger partial charge in [0.1, 0.15) is 6.04 Å². The van der Waals surface area contributed by atoms with Crippen LogP contribution in [0, 0.1) is 0 Å². The van der Waals surface area contributed by atoms with Gasteiger partial charge in [0.25, 0.3) is 0 Å². The third kappa shape index (κ3) is 3.16. The van der Waals surface area contributed by atoms with E-state index in [1.54, 1.807) is 24.3 Å². The second-order valence-corrected chi connectivity index (χ2v) is 4.96. The Kier molecular flexibility index (Phi) is 4.39. The lowest BCUT2D eigenvalue weighted by Gasteiger charge is -2.21. The van der Waals surface area contributed by atoms with Crippen molar-refractivity contribution in [2.75, 3.05) is 18.6 Å². The summed E-state index contributed by atoms with van der Waals surface area (Å²) in [5.41, 5.74) is 0. The van der Waals surface area contributed by atoms with Crippen LogP contribution in [0.4, 0.5) is 5.95 Å². The number of aromatic nitrogens is 2. The molecule has 1 aromatic rings. The highest BCUT2D eigenvalue weighted by Crippen LogP contribution is 2.25. The molecule has 1 aliphatic heterocycles. The molecule has 1 aromatic heterocycles. The van der Waals surface area contributed by atoms with Crippen molar-refractivity contribution in [3.8, 4) is 5.88 Å². The van der Waals surface area contributed by atoms with Crippen LogP contribution in [0.5, 0.6) is 5.88 Å². The molecule has 0 aliphatic carbocycles. The van der Waals surface area contributed by atoms with Crippen LogP contribution in [0.15, 0.2) is 12.3 Å². The summed E-state index contributed by atoms with van der Waals surface area (Å²) in [7, 11) is 1.58. The molecule has 1 saturated heterocycles. The van der Waals surface area contributed by atoms with E-state index < -0.39 is 12.0 Å². The first-order valence-electron chi connectivity index (χ1n) is 6.53. The van der Waals surface area contributed by atoms with E-state index in [-0.39, 0.29) is 12.2 Å². The van der Waals surface area contributed by atoms with Crippen LogP contribution in [0.2, 0.25) is 0 Å². The number of hydrogen-bond acceptors (Lipinski definition) is 6. The van der Waals surface area contributed by atoms with E-state index in [9.17, 15) is 9.90 Å². The van der Waals surface area contributed by atoms with Crippen LogP contribution in [0.1, 0.15) is 20.3 Å². The standard InChI is InChI=1S/C13H19N3O4/c1-8(2)20-11-4-5-14-13(15-11)16-7-9(19-3)6-10(16)12(17)18/h4-5,8-10H,6-7H2,1-3H3,(H,17,18). The van der Waals surface area contributed by atoms with Gasteiger partial charge in [0.05, 0.1) is 12.2 Å². The van der Waals surface area contributed by atoms with Crippen LogP contribution < -0.4 is 9.64 Å². The molecule has 0 spiro atoms. The summed E-state index contributed by atoms with van der Waals surface area (Å²) in [5, 5.41) is 9.29. The van der Waals surface area contributed by atoms with Gasteiger partial charge in [-0.25, -0.2) is 9.78 Å².